The lowest BCUT2D eigenvalue weighted by atomic mass is 10.1. The van der Waals surface area contributed by atoms with Crippen LogP contribution in [0.4, 0.5) is 22.0 Å². The van der Waals surface area contributed by atoms with E-state index < -0.39 is 50.0 Å². The number of rotatable bonds is 3. The van der Waals surface area contributed by atoms with Gasteiger partial charge in [-0.05, 0) is 11.6 Å². The van der Waals surface area contributed by atoms with E-state index in [9.17, 15) is 30.4 Å². The molecule has 3 rings (SSSR count). The molecule has 2 aromatic rings. The molecule has 1 heterocycles. The second kappa shape index (κ2) is 7.34. The van der Waals surface area contributed by atoms with E-state index in [0.29, 0.717) is 9.87 Å². The topological polar surface area (TPSA) is 49.4 Å². The van der Waals surface area contributed by atoms with Crippen molar-refractivity contribution in [3.63, 3.8) is 0 Å². The fourth-order valence-corrected chi connectivity index (χ4v) is 4.90. The molecule has 1 atom stereocenters. The Morgan fingerprint density at radius 3 is 2.11 bits per heavy atom. The van der Waals surface area contributed by atoms with Crippen molar-refractivity contribution >= 4 is 21.6 Å². The number of piperazine rings is 1. The number of nitrogens with zero attached hydrogens (tertiary/aromatic N) is 1. The Hall–Kier alpha value is -1.75. The fourth-order valence-electron chi connectivity index (χ4n) is 2.91. The zero-order valence-electron chi connectivity index (χ0n) is 13.4. The Bertz CT molecular complexity index is 974. The molecular weight excluding hydrogens is 415 g/mol. The first-order valence-corrected chi connectivity index (χ1v) is 9.48. The average molecular weight is 427 g/mol. The van der Waals surface area contributed by atoms with Crippen LogP contribution in [-0.4, -0.2) is 32.4 Å². The molecule has 27 heavy (non-hydrogen) atoms. The highest BCUT2D eigenvalue weighted by Crippen LogP contribution is 2.35. The van der Waals surface area contributed by atoms with E-state index in [4.69, 9.17) is 11.6 Å². The molecule has 0 spiro atoms. The zero-order chi connectivity index (χ0) is 19.9. The number of halogens is 6. The third-order valence-electron chi connectivity index (χ3n) is 4.19. The summed E-state index contributed by atoms with van der Waals surface area (Å²) in [5.41, 5.74) is 0.332. The Balaban J connectivity index is 2.18. The van der Waals surface area contributed by atoms with E-state index in [1.807, 2.05) is 0 Å². The molecule has 1 N–H and O–H groups in total. The molecular formula is C16H12ClF5N2O2S. The molecule has 146 valence electrons. The van der Waals surface area contributed by atoms with Gasteiger partial charge in [0.25, 0.3) is 0 Å². The minimum Gasteiger partial charge on any atom is -0.313 e. The highest BCUT2D eigenvalue weighted by molar-refractivity contribution is 7.89. The molecule has 4 nitrogen and oxygen atoms in total. The maximum atomic E-state index is 14.1. The van der Waals surface area contributed by atoms with Crippen molar-refractivity contribution < 1.29 is 30.4 Å². The summed E-state index contributed by atoms with van der Waals surface area (Å²) in [7, 11) is -5.06. The quantitative estimate of drug-likeness (QED) is 0.465. The normalized spacial score (nSPS) is 18.7. The first kappa shape index (κ1) is 20.0. The van der Waals surface area contributed by atoms with Crippen LogP contribution in [0.15, 0.2) is 29.2 Å². The van der Waals surface area contributed by atoms with Crippen molar-refractivity contribution in [3.05, 3.63) is 63.9 Å². The fraction of sp³-hybridized carbons (Fsp3) is 0.250. The molecule has 1 unspecified atom stereocenters. The van der Waals surface area contributed by atoms with E-state index >= 15 is 0 Å². The van der Waals surface area contributed by atoms with Gasteiger partial charge in [-0.1, -0.05) is 29.8 Å². The van der Waals surface area contributed by atoms with Gasteiger partial charge in [0.15, 0.2) is 28.2 Å². The van der Waals surface area contributed by atoms with Crippen LogP contribution < -0.4 is 5.32 Å². The predicted octanol–water partition coefficient (Wildman–Crippen LogP) is 3.37. The van der Waals surface area contributed by atoms with Gasteiger partial charge in [0.05, 0.1) is 6.04 Å². The maximum Gasteiger partial charge on any atom is 0.249 e. The van der Waals surface area contributed by atoms with Crippen molar-refractivity contribution in [1.82, 2.24) is 9.62 Å². The highest BCUT2D eigenvalue weighted by Gasteiger charge is 2.41. The predicted molar refractivity (Wildman–Crippen MR) is 87.2 cm³/mol. The van der Waals surface area contributed by atoms with Crippen LogP contribution in [0.5, 0.6) is 0 Å². The van der Waals surface area contributed by atoms with Crippen LogP contribution in [0.25, 0.3) is 0 Å². The molecule has 1 aliphatic rings. The smallest absolute Gasteiger partial charge is 0.249 e. The number of hydrogen-bond donors (Lipinski definition) is 1. The van der Waals surface area contributed by atoms with Gasteiger partial charge in [0.1, 0.15) is 0 Å². The summed E-state index contributed by atoms with van der Waals surface area (Å²) in [4.78, 5) is -1.88. The number of nitrogens with one attached hydrogen (secondary N) is 1. The summed E-state index contributed by atoms with van der Waals surface area (Å²) >= 11 is 6.09. The lowest BCUT2D eigenvalue weighted by molar-refractivity contribution is 0.267. The van der Waals surface area contributed by atoms with E-state index in [1.54, 1.807) is 12.1 Å². The van der Waals surface area contributed by atoms with Crippen molar-refractivity contribution in [2.24, 2.45) is 0 Å². The van der Waals surface area contributed by atoms with E-state index in [2.05, 4.69) is 5.32 Å². The molecule has 1 aliphatic heterocycles. The van der Waals surface area contributed by atoms with E-state index in [-0.39, 0.29) is 24.7 Å². The summed E-state index contributed by atoms with van der Waals surface area (Å²) in [6.07, 6.45) is 0. The first-order chi connectivity index (χ1) is 12.7. The zero-order valence-corrected chi connectivity index (χ0v) is 15.0. The van der Waals surface area contributed by atoms with Gasteiger partial charge in [0, 0.05) is 24.7 Å². The highest BCUT2D eigenvalue weighted by atomic mass is 35.5. The molecule has 11 heteroatoms. The van der Waals surface area contributed by atoms with Crippen LogP contribution >= 0.6 is 11.6 Å². The largest absolute Gasteiger partial charge is 0.313 e. The van der Waals surface area contributed by atoms with Gasteiger partial charge < -0.3 is 5.32 Å². The molecule has 1 saturated heterocycles. The summed E-state index contributed by atoms with van der Waals surface area (Å²) in [6.45, 7) is -0.0916. The van der Waals surface area contributed by atoms with Gasteiger partial charge in [-0.25, -0.2) is 30.4 Å². The van der Waals surface area contributed by atoms with Crippen LogP contribution in [0.3, 0.4) is 0 Å². The summed E-state index contributed by atoms with van der Waals surface area (Å²) < 4.78 is 94.9. The second-order valence-corrected chi connectivity index (χ2v) is 7.99. The Morgan fingerprint density at radius 2 is 1.52 bits per heavy atom. The van der Waals surface area contributed by atoms with Crippen LogP contribution in [0.2, 0.25) is 5.02 Å². The number of benzene rings is 2. The Morgan fingerprint density at radius 1 is 0.963 bits per heavy atom. The third-order valence-corrected chi connectivity index (χ3v) is 6.47. The van der Waals surface area contributed by atoms with Crippen LogP contribution in [-0.2, 0) is 10.0 Å². The van der Waals surface area contributed by atoms with Crippen molar-refractivity contribution in [2.45, 2.75) is 10.9 Å². The summed E-state index contributed by atoms with van der Waals surface area (Å²) in [6, 6.07) is 5.20. The average Bonchev–Trinajstić information content (AvgIpc) is 2.65. The minimum atomic E-state index is -5.06. The van der Waals surface area contributed by atoms with Gasteiger partial charge in [-0.15, -0.1) is 0 Å². The van der Waals surface area contributed by atoms with Gasteiger partial charge in [-0.3, -0.25) is 0 Å². The molecule has 1 fully saturated rings. The van der Waals surface area contributed by atoms with Crippen LogP contribution in [0, 0.1) is 29.1 Å². The Labute approximate surface area is 156 Å². The molecule has 0 aliphatic carbocycles. The summed E-state index contributed by atoms with van der Waals surface area (Å²) in [5.74, 6) is -11.9. The molecule has 0 radical (unpaired) electrons. The number of hydrogen-bond acceptors (Lipinski definition) is 3. The minimum absolute atomic E-state index is 0.0400. The van der Waals surface area contributed by atoms with Gasteiger partial charge >= 0.3 is 0 Å². The number of sulfonamides is 1. The Kier molecular flexibility index (Phi) is 5.44. The SMILES string of the molecule is O=S(=O)(c1c(F)c(F)c(F)c(F)c1F)N1CCNCC1c1ccccc1Cl. The van der Waals surface area contributed by atoms with E-state index in [1.165, 1.54) is 12.1 Å². The lowest BCUT2D eigenvalue weighted by Crippen LogP contribution is -2.49. The molecule has 0 aromatic heterocycles. The van der Waals surface area contributed by atoms with Crippen molar-refractivity contribution in [2.75, 3.05) is 19.6 Å². The van der Waals surface area contributed by atoms with Gasteiger partial charge in [0.2, 0.25) is 15.8 Å². The molecule has 0 amide bonds. The third kappa shape index (κ3) is 3.31. The van der Waals surface area contributed by atoms with Crippen LogP contribution in [0.1, 0.15) is 11.6 Å². The standard InChI is InChI=1S/C16H12ClF5N2O2S/c17-9-4-2-1-3-8(9)10-7-23-5-6-24(10)27(25,26)16-14(21)12(19)11(18)13(20)15(16)22/h1-4,10,23H,5-7H2. The van der Waals surface area contributed by atoms with Gasteiger partial charge in [-0.2, -0.15) is 4.31 Å². The lowest BCUT2D eigenvalue weighted by Gasteiger charge is -2.36. The second-order valence-electron chi connectivity index (χ2n) is 5.76. The molecule has 0 bridgehead atoms. The summed E-state index contributed by atoms with van der Waals surface area (Å²) in [5, 5.41) is 3.11. The molecule has 0 saturated carbocycles. The maximum absolute atomic E-state index is 14.1. The monoisotopic (exact) mass is 426 g/mol. The van der Waals surface area contributed by atoms with E-state index in [0.717, 1.165) is 0 Å². The molecule has 2 aromatic carbocycles. The van der Waals surface area contributed by atoms with Crippen molar-refractivity contribution in [3.8, 4) is 0 Å². The first-order valence-electron chi connectivity index (χ1n) is 7.66. The van der Waals surface area contributed by atoms with Crippen molar-refractivity contribution in [1.29, 1.82) is 0 Å².